The Labute approximate surface area is 126 Å². The Bertz CT molecular complexity index is 827. The molecule has 3 rings (SSSR count). The van der Waals surface area contributed by atoms with E-state index in [2.05, 4.69) is 4.98 Å². The average Bonchev–Trinajstić information content (AvgIpc) is 3.07. The molecule has 3 aromatic rings. The molecule has 0 aliphatic rings. The number of Topliss-reactive ketones (excluding diaryl/α,β-unsaturated/α-hetero) is 1. The number of nitrogens with zero attached hydrogens (tertiary/aromatic N) is 2. The third kappa shape index (κ3) is 2.63. The summed E-state index contributed by atoms with van der Waals surface area (Å²) in [5.74, 6) is -0.304. The number of oxazole rings is 1. The smallest absolute Gasteiger partial charge is 0.355 e. The Morgan fingerprint density at radius 3 is 2.77 bits per heavy atom. The van der Waals surface area contributed by atoms with Gasteiger partial charge in [-0.25, -0.2) is 9.78 Å². The molecule has 0 atom stereocenters. The summed E-state index contributed by atoms with van der Waals surface area (Å²) in [5, 5.41) is 0. The van der Waals surface area contributed by atoms with Crippen molar-refractivity contribution in [1.29, 1.82) is 0 Å². The van der Waals surface area contributed by atoms with Gasteiger partial charge < -0.3 is 13.7 Å². The Hall–Kier alpha value is -2.89. The fourth-order valence-corrected chi connectivity index (χ4v) is 2.14. The molecule has 6 nitrogen and oxygen atoms in total. The van der Waals surface area contributed by atoms with E-state index >= 15 is 0 Å². The van der Waals surface area contributed by atoms with Gasteiger partial charge in [0.05, 0.1) is 0 Å². The first kappa shape index (κ1) is 14.1. The fourth-order valence-electron chi connectivity index (χ4n) is 2.14. The Morgan fingerprint density at radius 2 is 2.09 bits per heavy atom. The molecular formula is C16H14N2O4. The van der Waals surface area contributed by atoms with Crippen LogP contribution in [-0.2, 0) is 18.4 Å². The first-order valence-corrected chi connectivity index (χ1v) is 6.73. The van der Waals surface area contributed by atoms with Crippen LogP contribution in [0.25, 0.3) is 11.1 Å². The molecule has 112 valence electrons. The van der Waals surface area contributed by atoms with Gasteiger partial charge in [0, 0.05) is 18.8 Å². The van der Waals surface area contributed by atoms with Crippen LogP contribution in [0.3, 0.4) is 0 Å². The first-order valence-electron chi connectivity index (χ1n) is 6.73. The number of ketones is 1. The van der Waals surface area contributed by atoms with Crippen LogP contribution in [0.1, 0.15) is 33.7 Å². The van der Waals surface area contributed by atoms with Gasteiger partial charge in [0.15, 0.2) is 18.0 Å². The van der Waals surface area contributed by atoms with Crippen molar-refractivity contribution in [2.75, 3.05) is 0 Å². The van der Waals surface area contributed by atoms with E-state index in [0.717, 1.165) is 0 Å². The number of para-hydroxylation sites is 2. The molecule has 0 saturated carbocycles. The summed E-state index contributed by atoms with van der Waals surface area (Å²) in [6, 6.07) is 8.83. The van der Waals surface area contributed by atoms with Crippen molar-refractivity contribution < 1.29 is 18.7 Å². The highest BCUT2D eigenvalue weighted by Crippen LogP contribution is 2.16. The van der Waals surface area contributed by atoms with Crippen molar-refractivity contribution in [3.05, 3.63) is 53.7 Å². The highest BCUT2D eigenvalue weighted by Gasteiger charge is 2.16. The maximum Gasteiger partial charge on any atom is 0.355 e. The summed E-state index contributed by atoms with van der Waals surface area (Å²) >= 11 is 0. The van der Waals surface area contributed by atoms with Crippen molar-refractivity contribution in [1.82, 2.24) is 9.55 Å². The minimum absolute atomic E-state index is 0.0614. The fraction of sp³-hybridized carbons (Fsp3) is 0.188. The minimum Gasteiger partial charge on any atom is -0.451 e. The quantitative estimate of drug-likeness (QED) is 0.547. The van der Waals surface area contributed by atoms with Gasteiger partial charge in [-0.3, -0.25) is 4.79 Å². The SMILES string of the molecule is CC(=O)c1cc(C(=O)OCc2nc3ccccc3o2)n(C)c1. The van der Waals surface area contributed by atoms with Gasteiger partial charge >= 0.3 is 5.97 Å². The Kier molecular flexibility index (Phi) is 3.50. The normalized spacial score (nSPS) is 10.8. The number of hydrogen-bond acceptors (Lipinski definition) is 5. The second kappa shape index (κ2) is 5.48. The van der Waals surface area contributed by atoms with Crippen molar-refractivity contribution in [3.8, 4) is 0 Å². The summed E-state index contributed by atoms with van der Waals surface area (Å²) in [4.78, 5) is 27.6. The number of ether oxygens (including phenoxy) is 1. The highest BCUT2D eigenvalue weighted by molar-refractivity contribution is 5.97. The lowest BCUT2D eigenvalue weighted by atomic mass is 10.2. The molecule has 0 amide bonds. The van der Waals surface area contributed by atoms with Crippen molar-refractivity contribution in [3.63, 3.8) is 0 Å². The molecular weight excluding hydrogens is 284 g/mol. The number of carbonyl (C=O) groups is 2. The molecule has 0 bridgehead atoms. The standard InChI is InChI=1S/C16H14N2O4/c1-10(19)11-7-13(18(2)8-11)16(20)21-9-15-17-12-5-3-4-6-14(12)22-15/h3-8H,9H2,1-2H3. The topological polar surface area (TPSA) is 74.3 Å². The maximum absolute atomic E-state index is 12.1. The van der Waals surface area contributed by atoms with E-state index in [0.29, 0.717) is 28.2 Å². The van der Waals surface area contributed by atoms with Crippen molar-refractivity contribution >= 4 is 22.9 Å². The lowest BCUT2D eigenvalue weighted by Crippen LogP contribution is -2.09. The molecule has 0 aliphatic carbocycles. The number of hydrogen-bond donors (Lipinski definition) is 0. The maximum atomic E-state index is 12.1. The summed E-state index contributed by atoms with van der Waals surface area (Å²) in [6.07, 6.45) is 1.60. The van der Waals surface area contributed by atoms with E-state index in [4.69, 9.17) is 9.15 Å². The van der Waals surface area contributed by atoms with Crippen LogP contribution < -0.4 is 0 Å². The van der Waals surface area contributed by atoms with Gasteiger partial charge in [-0.15, -0.1) is 0 Å². The van der Waals surface area contributed by atoms with E-state index in [1.54, 1.807) is 23.9 Å². The van der Waals surface area contributed by atoms with Gasteiger partial charge in [-0.05, 0) is 25.1 Å². The lowest BCUT2D eigenvalue weighted by Gasteiger charge is -2.02. The summed E-state index contributed by atoms with van der Waals surface area (Å²) in [5.41, 5.74) is 2.13. The van der Waals surface area contributed by atoms with E-state index < -0.39 is 5.97 Å². The molecule has 0 spiro atoms. The largest absolute Gasteiger partial charge is 0.451 e. The molecule has 0 radical (unpaired) electrons. The summed E-state index contributed by atoms with van der Waals surface area (Å²) in [7, 11) is 1.68. The van der Waals surface area contributed by atoms with E-state index in [9.17, 15) is 9.59 Å². The zero-order valence-electron chi connectivity index (χ0n) is 12.2. The van der Waals surface area contributed by atoms with Crippen LogP contribution in [0, 0.1) is 0 Å². The van der Waals surface area contributed by atoms with Crippen LogP contribution in [0.5, 0.6) is 0 Å². The predicted molar refractivity (Wildman–Crippen MR) is 78.5 cm³/mol. The minimum atomic E-state index is -0.530. The molecule has 0 fully saturated rings. The number of carbonyl (C=O) groups excluding carboxylic acids is 2. The van der Waals surface area contributed by atoms with E-state index in [-0.39, 0.29) is 12.4 Å². The zero-order chi connectivity index (χ0) is 15.7. The molecule has 1 aromatic carbocycles. The van der Waals surface area contributed by atoms with Crippen molar-refractivity contribution in [2.24, 2.45) is 7.05 Å². The molecule has 2 heterocycles. The Balaban J connectivity index is 1.73. The van der Waals surface area contributed by atoms with Crippen LogP contribution in [0.2, 0.25) is 0 Å². The molecule has 0 saturated heterocycles. The number of benzene rings is 1. The summed E-state index contributed by atoms with van der Waals surface area (Å²) < 4.78 is 12.2. The number of aryl methyl sites for hydroxylation is 1. The Morgan fingerprint density at radius 1 is 1.32 bits per heavy atom. The second-order valence-electron chi connectivity index (χ2n) is 4.93. The van der Waals surface area contributed by atoms with Crippen LogP contribution >= 0.6 is 0 Å². The first-order chi connectivity index (χ1) is 10.5. The zero-order valence-corrected chi connectivity index (χ0v) is 12.2. The number of fused-ring (bicyclic) bond motifs is 1. The monoisotopic (exact) mass is 298 g/mol. The second-order valence-corrected chi connectivity index (χ2v) is 4.93. The van der Waals surface area contributed by atoms with Gasteiger partial charge in [0.25, 0.3) is 0 Å². The highest BCUT2D eigenvalue weighted by atomic mass is 16.5. The average molecular weight is 298 g/mol. The third-order valence-electron chi connectivity index (χ3n) is 3.29. The predicted octanol–water partition coefficient (Wildman–Crippen LogP) is 2.73. The van der Waals surface area contributed by atoms with Crippen LogP contribution in [0.4, 0.5) is 0 Å². The lowest BCUT2D eigenvalue weighted by molar-refractivity contribution is 0.0429. The summed E-state index contributed by atoms with van der Waals surface area (Å²) in [6.45, 7) is 1.39. The molecule has 0 N–H and O–H groups in total. The van der Waals surface area contributed by atoms with Crippen molar-refractivity contribution in [2.45, 2.75) is 13.5 Å². The van der Waals surface area contributed by atoms with Gasteiger partial charge in [0.2, 0.25) is 5.89 Å². The molecule has 0 unspecified atom stereocenters. The third-order valence-corrected chi connectivity index (χ3v) is 3.29. The van der Waals surface area contributed by atoms with Gasteiger partial charge in [-0.2, -0.15) is 0 Å². The molecule has 6 heteroatoms. The van der Waals surface area contributed by atoms with Crippen LogP contribution in [0.15, 0.2) is 40.9 Å². The van der Waals surface area contributed by atoms with Gasteiger partial charge in [-0.1, -0.05) is 12.1 Å². The van der Waals surface area contributed by atoms with E-state index in [1.165, 1.54) is 13.0 Å². The van der Waals surface area contributed by atoms with E-state index in [1.807, 2.05) is 18.2 Å². The number of esters is 1. The number of aromatic nitrogens is 2. The number of rotatable bonds is 4. The molecule has 22 heavy (non-hydrogen) atoms. The van der Waals surface area contributed by atoms with Crippen LogP contribution in [-0.4, -0.2) is 21.3 Å². The molecule has 2 aromatic heterocycles. The van der Waals surface area contributed by atoms with Gasteiger partial charge in [0.1, 0.15) is 11.2 Å². The molecule has 0 aliphatic heterocycles.